The number of carbonyl (C=O) groups excluding carboxylic acids is 1. The van der Waals surface area contributed by atoms with Gasteiger partial charge < -0.3 is 30.1 Å². The van der Waals surface area contributed by atoms with Gasteiger partial charge in [0.1, 0.15) is 11.5 Å². The summed E-state index contributed by atoms with van der Waals surface area (Å²) in [5, 5.41) is 32.5. The zero-order chi connectivity index (χ0) is 30.7. The molecule has 2 aromatic rings. The number of carboxylic acids is 2. The molecule has 2 fully saturated rings. The van der Waals surface area contributed by atoms with E-state index in [1.807, 2.05) is 18.2 Å². The first-order chi connectivity index (χ1) is 20.1. The van der Waals surface area contributed by atoms with Gasteiger partial charge >= 0.3 is 11.9 Å². The summed E-state index contributed by atoms with van der Waals surface area (Å²) in [6, 6.07) is 18.8. The molecule has 3 atom stereocenters. The highest BCUT2D eigenvalue weighted by Crippen LogP contribution is 2.37. The number of rotatable bonds is 11. The van der Waals surface area contributed by atoms with E-state index in [9.17, 15) is 14.4 Å². The van der Waals surface area contributed by atoms with Crippen LogP contribution in [0, 0.1) is 5.92 Å². The van der Waals surface area contributed by atoms with Crippen molar-refractivity contribution in [1.82, 2.24) is 4.90 Å². The first-order valence-corrected chi connectivity index (χ1v) is 14.6. The van der Waals surface area contributed by atoms with E-state index in [4.69, 9.17) is 25.2 Å². The minimum atomic E-state index is -2.27. The Hall–Kier alpha value is -3.47. The van der Waals surface area contributed by atoms with Crippen molar-refractivity contribution in [3.63, 3.8) is 0 Å². The van der Waals surface area contributed by atoms with Crippen LogP contribution in [-0.4, -0.2) is 95.1 Å². The van der Waals surface area contributed by atoms with Gasteiger partial charge in [-0.1, -0.05) is 61.7 Å². The Morgan fingerprint density at radius 3 is 1.95 bits per heavy atom. The number of carbonyl (C=O) groups is 3. The van der Waals surface area contributed by atoms with Crippen molar-refractivity contribution in [1.29, 1.82) is 0 Å². The van der Waals surface area contributed by atoms with E-state index in [1.54, 1.807) is 7.11 Å². The highest BCUT2D eigenvalue weighted by atomic mass is 16.5. The molecule has 42 heavy (non-hydrogen) atoms. The maximum atomic E-state index is 13.8. The molecule has 230 valence electrons. The number of methoxy groups -OCH3 is 1. The molecule has 4 rings (SSSR count). The molecule has 1 aliphatic heterocycles. The third-order valence-corrected chi connectivity index (χ3v) is 8.46. The van der Waals surface area contributed by atoms with E-state index in [-0.39, 0.29) is 5.92 Å². The van der Waals surface area contributed by atoms with Crippen LogP contribution in [0.15, 0.2) is 54.6 Å². The first-order valence-electron chi connectivity index (χ1n) is 14.6. The average Bonchev–Trinajstić information content (AvgIpc) is 3.03. The summed E-state index contributed by atoms with van der Waals surface area (Å²) in [5.41, 5.74) is 1.96. The SMILES string of the molecule is COc1ccccc1N1CCN(CCC(C)(C(=O)C2CCCCC2)c2ccccc2)CC1.O=C(O)C(O)C(O)C(=O)O. The van der Waals surface area contributed by atoms with Crippen LogP contribution < -0.4 is 9.64 Å². The summed E-state index contributed by atoms with van der Waals surface area (Å²) < 4.78 is 5.56. The fourth-order valence-electron chi connectivity index (χ4n) is 5.79. The molecule has 2 aromatic carbocycles. The number of aliphatic carboxylic acids is 2. The first kappa shape index (κ1) is 33.0. The van der Waals surface area contributed by atoms with Crippen LogP contribution in [0.5, 0.6) is 5.75 Å². The fourth-order valence-corrected chi connectivity index (χ4v) is 5.79. The molecule has 2 aliphatic rings. The standard InChI is InChI=1S/C28H38N2O2.C4H6O6/c1-28(24-13-7-4-8-14-24,27(31)23-11-5-3-6-12-23)17-18-29-19-21-30(22-20-29)25-15-9-10-16-26(25)32-2;5-1(3(7)8)2(6)4(9)10/h4,7-10,13-16,23H,3,5-6,11-12,17-22H2,1-2H3;1-2,5-6H,(H,7,8)(H,9,10). The van der Waals surface area contributed by atoms with Gasteiger partial charge in [-0.2, -0.15) is 0 Å². The number of benzene rings is 2. The summed E-state index contributed by atoms with van der Waals surface area (Å²) in [4.78, 5) is 38.2. The Balaban J connectivity index is 0.000000416. The second-order valence-electron chi connectivity index (χ2n) is 11.2. The molecule has 0 amide bonds. The van der Waals surface area contributed by atoms with Crippen LogP contribution in [0.2, 0.25) is 0 Å². The van der Waals surface area contributed by atoms with Gasteiger partial charge in [0.15, 0.2) is 12.2 Å². The second kappa shape index (κ2) is 15.7. The summed E-state index contributed by atoms with van der Waals surface area (Å²) in [5.74, 6) is -1.90. The van der Waals surface area contributed by atoms with E-state index in [0.29, 0.717) is 5.78 Å². The number of nitrogens with zero attached hydrogens (tertiary/aromatic N) is 2. The predicted octanol–water partition coefficient (Wildman–Crippen LogP) is 3.19. The van der Waals surface area contributed by atoms with Gasteiger partial charge in [0, 0.05) is 32.1 Å². The van der Waals surface area contributed by atoms with Crippen molar-refractivity contribution in [2.45, 2.75) is 63.1 Å². The number of carboxylic acid groups (broad SMARTS) is 2. The Morgan fingerprint density at radius 2 is 1.40 bits per heavy atom. The van der Waals surface area contributed by atoms with Gasteiger partial charge in [-0.15, -0.1) is 0 Å². The molecule has 0 aromatic heterocycles. The number of ether oxygens (including phenoxy) is 1. The van der Waals surface area contributed by atoms with Crippen molar-refractivity contribution in [2.75, 3.05) is 44.7 Å². The van der Waals surface area contributed by atoms with Crippen molar-refractivity contribution in [3.8, 4) is 5.75 Å². The number of aliphatic hydroxyl groups is 2. The highest BCUT2D eigenvalue weighted by molar-refractivity contribution is 5.91. The van der Waals surface area contributed by atoms with Gasteiger partial charge in [0.25, 0.3) is 0 Å². The van der Waals surface area contributed by atoms with Crippen LogP contribution in [0.1, 0.15) is 51.0 Å². The summed E-state index contributed by atoms with van der Waals surface area (Å²) in [6.45, 7) is 7.16. The number of aliphatic hydroxyl groups excluding tert-OH is 2. The minimum absolute atomic E-state index is 0.233. The number of anilines is 1. The molecule has 10 heteroatoms. The van der Waals surface area contributed by atoms with Crippen molar-refractivity contribution < 1.29 is 39.5 Å². The smallest absolute Gasteiger partial charge is 0.335 e. The number of Topliss-reactive ketones (excluding diaryl/α,β-unsaturated/α-hetero) is 1. The van der Waals surface area contributed by atoms with Gasteiger partial charge in [-0.25, -0.2) is 9.59 Å². The van der Waals surface area contributed by atoms with E-state index < -0.39 is 29.6 Å². The van der Waals surface area contributed by atoms with Gasteiger partial charge in [0.2, 0.25) is 0 Å². The van der Waals surface area contributed by atoms with Crippen LogP contribution in [-0.2, 0) is 19.8 Å². The van der Waals surface area contributed by atoms with Gasteiger partial charge in [-0.3, -0.25) is 9.69 Å². The number of hydrogen-bond donors (Lipinski definition) is 4. The van der Waals surface area contributed by atoms with Crippen LogP contribution in [0.4, 0.5) is 5.69 Å². The normalized spacial score (nSPS) is 19.0. The molecule has 4 N–H and O–H groups in total. The number of piperazine rings is 1. The molecular weight excluding hydrogens is 540 g/mol. The molecule has 0 bridgehead atoms. The van der Waals surface area contributed by atoms with Gasteiger partial charge in [0.05, 0.1) is 18.2 Å². The quantitative estimate of drug-likeness (QED) is 0.310. The Morgan fingerprint density at radius 1 is 0.857 bits per heavy atom. The van der Waals surface area contributed by atoms with Crippen LogP contribution in [0.25, 0.3) is 0 Å². The molecular formula is C32H44N2O8. The molecule has 1 heterocycles. The van der Waals surface area contributed by atoms with Crippen molar-refractivity contribution in [3.05, 3.63) is 60.2 Å². The average molecular weight is 585 g/mol. The lowest BCUT2D eigenvalue weighted by Gasteiger charge is -2.39. The zero-order valence-electron chi connectivity index (χ0n) is 24.5. The predicted molar refractivity (Wildman–Crippen MR) is 159 cm³/mol. The topological polar surface area (TPSA) is 148 Å². The summed E-state index contributed by atoms with van der Waals surface area (Å²) >= 11 is 0. The number of ketones is 1. The van der Waals surface area contributed by atoms with Crippen LogP contribution >= 0.6 is 0 Å². The second-order valence-corrected chi connectivity index (χ2v) is 11.2. The molecule has 10 nitrogen and oxygen atoms in total. The molecule has 1 aliphatic carbocycles. The van der Waals surface area contributed by atoms with Gasteiger partial charge in [-0.05, 0) is 50.4 Å². The summed E-state index contributed by atoms with van der Waals surface area (Å²) in [7, 11) is 1.74. The minimum Gasteiger partial charge on any atom is -0.495 e. The third kappa shape index (κ3) is 8.53. The van der Waals surface area contributed by atoms with E-state index in [2.05, 4.69) is 53.1 Å². The highest BCUT2D eigenvalue weighted by Gasteiger charge is 2.39. The van der Waals surface area contributed by atoms with Crippen molar-refractivity contribution >= 4 is 23.4 Å². The number of hydrogen-bond acceptors (Lipinski definition) is 8. The maximum absolute atomic E-state index is 13.8. The van der Waals surface area contributed by atoms with E-state index >= 15 is 0 Å². The number of para-hydroxylation sites is 2. The molecule has 1 saturated heterocycles. The molecule has 3 unspecified atom stereocenters. The summed E-state index contributed by atoms with van der Waals surface area (Å²) in [6.07, 6.45) is 2.18. The van der Waals surface area contributed by atoms with Crippen LogP contribution in [0.3, 0.4) is 0 Å². The Labute approximate surface area is 247 Å². The lowest BCUT2D eigenvalue weighted by Crippen LogP contribution is -2.48. The zero-order valence-corrected chi connectivity index (χ0v) is 24.5. The molecule has 1 saturated carbocycles. The van der Waals surface area contributed by atoms with E-state index in [1.165, 1.54) is 30.5 Å². The fraction of sp³-hybridized carbons (Fsp3) is 0.531. The van der Waals surface area contributed by atoms with Crippen molar-refractivity contribution in [2.24, 2.45) is 5.92 Å². The third-order valence-electron chi connectivity index (χ3n) is 8.46. The Kier molecular flexibility index (Phi) is 12.3. The monoisotopic (exact) mass is 584 g/mol. The Bertz CT molecular complexity index is 1140. The molecule has 0 radical (unpaired) electrons. The molecule has 0 spiro atoms. The lowest BCUT2D eigenvalue weighted by molar-refractivity contribution is -0.165. The largest absolute Gasteiger partial charge is 0.495 e. The maximum Gasteiger partial charge on any atom is 0.335 e. The van der Waals surface area contributed by atoms with E-state index in [0.717, 1.165) is 57.7 Å². The lowest BCUT2D eigenvalue weighted by atomic mass is 9.69.